The first-order valence-electron chi connectivity index (χ1n) is 18.2. The van der Waals surface area contributed by atoms with Crippen LogP contribution in [0.4, 0.5) is 11.6 Å². The Morgan fingerprint density at radius 1 is 0.959 bits per heavy atom. The van der Waals surface area contributed by atoms with Gasteiger partial charge in [-0.3, -0.25) is 14.9 Å². The summed E-state index contributed by atoms with van der Waals surface area (Å²) in [4.78, 5) is 30.7. The second-order valence-electron chi connectivity index (χ2n) is 14.7. The number of anilines is 2. The van der Waals surface area contributed by atoms with E-state index < -0.39 is 0 Å². The van der Waals surface area contributed by atoms with E-state index in [1.54, 1.807) is 6.92 Å². The van der Waals surface area contributed by atoms with Crippen LogP contribution in [-0.4, -0.2) is 99.7 Å². The third-order valence-electron chi connectivity index (χ3n) is 11.1. The zero-order chi connectivity index (χ0) is 34.1. The standard InChI is InChI=1S/C38H52N10O/c1-26-20-40-38(41-21-26)46-15-7-29(8-16-46)23-45-13-9-32(10-14-45)43-35-11-17-47(28(3)49)25-34(35)37(39)48-12-5-6-30-19-33(27(2)18-36(30)48)31-22-42-44(4)24-31/h18-22,24,29,32,39,43H,5-17,23,25H2,1-4H3. The molecular weight excluding hydrogens is 612 g/mol. The minimum atomic E-state index is 0.0749. The average Bonchev–Trinajstić information content (AvgIpc) is 3.55. The summed E-state index contributed by atoms with van der Waals surface area (Å²) in [7, 11) is 1.95. The summed E-state index contributed by atoms with van der Waals surface area (Å²) in [5.74, 6) is 2.18. The van der Waals surface area contributed by atoms with E-state index in [0.29, 0.717) is 30.9 Å². The maximum Gasteiger partial charge on any atom is 0.225 e. The van der Waals surface area contributed by atoms with Crippen molar-refractivity contribution in [3.05, 3.63) is 64.9 Å². The van der Waals surface area contributed by atoms with E-state index in [0.717, 1.165) is 105 Å². The Hall–Kier alpha value is -4.25. The highest BCUT2D eigenvalue weighted by molar-refractivity contribution is 6.09. The number of fused-ring (bicyclic) bond motifs is 1. The highest BCUT2D eigenvalue weighted by Crippen LogP contribution is 2.36. The fourth-order valence-electron chi connectivity index (χ4n) is 8.15. The molecule has 4 aliphatic rings. The van der Waals surface area contributed by atoms with Crippen LogP contribution >= 0.6 is 0 Å². The monoisotopic (exact) mass is 664 g/mol. The summed E-state index contributed by atoms with van der Waals surface area (Å²) in [5, 5.41) is 17.9. The van der Waals surface area contributed by atoms with E-state index in [4.69, 9.17) is 0 Å². The maximum absolute atomic E-state index is 12.5. The lowest BCUT2D eigenvalue weighted by Crippen LogP contribution is -2.48. The molecule has 1 amide bonds. The van der Waals surface area contributed by atoms with Crippen molar-refractivity contribution in [1.82, 2.24) is 34.9 Å². The first kappa shape index (κ1) is 33.3. The molecule has 0 saturated carbocycles. The summed E-state index contributed by atoms with van der Waals surface area (Å²) in [6.45, 7) is 13.2. The van der Waals surface area contributed by atoms with Crippen LogP contribution in [0.25, 0.3) is 11.1 Å². The van der Waals surface area contributed by atoms with E-state index >= 15 is 0 Å². The summed E-state index contributed by atoms with van der Waals surface area (Å²) < 4.78 is 1.85. The van der Waals surface area contributed by atoms with Crippen molar-refractivity contribution < 1.29 is 4.79 Å². The number of benzene rings is 1. The van der Waals surface area contributed by atoms with Gasteiger partial charge in [0.15, 0.2) is 0 Å². The van der Waals surface area contributed by atoms with Gasteiger partial charge in [-0.2, -0.15) is 5.10 Å². The quantitative estimate of drug-likeness (QED) is 0.277. The highest BCUT2D eigenvalue weighted by Gasteiger charge is 2.32. The molecule has 3 aromatic rings. The van der Waals surface area contributed by atoms with Crippen LogP contribution in [0.2, 0.25) is 0 Å². The zero-order valence-electron chi connectivity index (χ0n) is 29.7. The molecule has 0 radical (unpaired) electrons. The lowest BCUT2D eigenvalue weighted by atomic mass is 9.92. The third-order valence-corrected chi connectivity index (χ3v) is 11.1. The van der Waals surface area contributed by atoms with Gasteiger partial charge in [0.05, 0.1) is 12.7 Å². The summed E-state index contributed by atoms with van der Waals surface area (Å²) in [6, 6.07) is 4.93. The Labute approximate surface area is 290 Å². The van der Waals surface area contributed by atoms with Crippen molar-refractivity contribution in [2.45, 2.75) is 71.8 Å². The number of rotatable bonds is 7. The van der Waals surface area contributed by atoms with Gasteiger partial charge in [-0.15, -0.1) is 0 Å². The van der Waals surface area contributed by atoms with Crippen molar-refractivity contribution >= 4 is 23.4 Å². The molecule has 49 heavy (non-hydrogen) atoms. The number of nitrogens with zero attached hydrogens (tertiary/aromatic N) is 8. The summed E-state index contributed by atoms with van der Waals surface area (Å²) >= 11 is 0. The number of hydrogen-bond acceptors (Lipinski definition) is 8. The fraction of sp³-hybridized carbons (Fsp3) is 0.553. The molecule has 4 aliphatic heterocycles. The number of carbonyl (C=O) groups is 1. The normalized spacial score (nSPS) is 19.7. The van der Waals surface area contributed by atoms with E-state index in [2.05, 4.69) is 60.3 Å². The maximum atomic E-state index is 12.5. The van der Waals surface area contributed by atoms with Gasteiger partial charge in [-0.05, 0) is 92.7 Å². The minimum absolute atomic E-state index is 0.0749. The van der Waals surface area contributed by atoms with Crippen LogP contribution in [0.1, 0.15) is 62.1 Å². The van der Waals surface area contributed by atoms with Gasteiger partial charge in [0.2, 0.25) is 11.9 Å². The smallest absolute Gasteiger partial charge is 0.225 e. The van der Waals surface area contributed by atoms with E-state index in [-0.39, 0.29) is 5.91 Å². The zero-order valence-corrected chi connectivity index (χ0v) is 29.7. The van der Waals surface area contributed by atoms with Crippen molar-refractivity contribution in [2.75, 3.05) is 62.2 Å². The van der Waals surface area contributed by atoms with Crippen molar-refractivity contribution in [3.8, 4) is 11.1 Å². The van der Waals surface area contributed by atoms with Crippen molar-refractivity contribution in [2.24, 2.45) is 13.0 Å². The highest BCUT2D eigenvalue weighted by atomic mass is 16.2. The molecule has 11 nitrogen and oxygen atoms in total. The molecule has 0 spiro atoms. The van der Waals surface area contributed by atoms with E-state index in [1.165, 1.54) is 29.5 Å². The van der Waals surface area contributed by atoms with Crippen molar-refractivity contribution in [1.29, 1.82) is 5.41 Å². The molecule has 0 atom stereocenters. The molecule has 2 N–H and O–H groups in total. The number of aromatic nitrogens is 4. The van der Waals surface area contributed by atoms with Crippen LogP contribution in [0, 0.1) is 25.2 Å². The predicted octanol–water partition coefficient (Wildman–Crippen LogP) is 4.70. The largest absolute Gasteiger partial charge is 0.385 e. The van der Waals surface area contributed by atoms with Crippen LogP contribution in [0.15, 0.2) is 48.2 Å². The second kappa shape index (κ2) is 14.3. The Bertz CT molecular complexity index is 1700. The molecule has 0 bridgehead atoms. The minimum Gasteiger partial charge on any atom is -0.385 e. The van der Waals surface area contributed by atoms with Crippen LogP contribution < -0.4 is 15.1 Å². The number of likely N-dealkylation sites (tertiary alicyclic amines) is 1. The Kier molecular flexibility index (Phi) is 9.71. The molecule has 260 valence electrons. The first-order valence-corrected chi connectivity index (χ1v) is 18.2. The Morgan fingerprint density at radius 2 is 1.71 bits per heavy atom. The number of amides is 1. The van der Waals surface area contributed by atoms with Crippen LogP contribution in [-0.2, 0) is 18.3 Å². The average molecular weight is 665 g/mol. The second-order valence-corrected chi connectivity index (χ2v) is 14.7. The van der Waals surface area contributed by atoms with Gasteiger partial charge in [-0.25, -0.2) is 9.97 Å². The molecule has 0 unspecified atom stereocenters. The lowest BCUT2D eigenvalue weighted by Gasteiger charge is -2.40. The lowest BCUT2D eigenvalue weighted by molar-refractivity contribution is -0.128. The molecular formula is C38H52N10O. The number of carbonyl (C=O) groups excluding carboxylic acids is 1. The number of amidine groups is 1. The fourth-order valence-corrected chi connectivity index (χ4v) is 8.15. The topological polar surface area (TPSA) is 110 Å². The molecule has 7 rings (SSSR count). The van der Waals surface area contributed by atoms with Gasteiger partial charge in [0.25, 0.3) is 0 Å². The molecule has 2 aromatic heterocycles. The van der Waals surface area contributed by atoms with Gasteiger partial charge in [0, 0.05) is 113 Å². The molecule has 6 heterocycles. The Morgan fingerprint density at radius 3 is 2.41 bits per heavy atom. The van der Waals surface area contributed by atoms with Crippen molar-refractivity contribution in [3.63, 3.8) is 0 Å². The number of nitrogens with one attached hydrogen (secondary N) is 2. The van der Waals surface area contributed by atoms with E-state index in [1.807, 2.05) is 42.1 Å². The van der Waals surface area contributed by atoms with Gasteiger partial charge < -0.3 is 24.9 Å². The van der Waals surface area contributed by atoms with Crippen LogP contribution in [0.5, 0.6) is 0 Å². The first-order chi connectivity index (χ1) is 23.7. The molecule has 1 aromatic carbocycles. The number of hydrogen-bond donors (Lipinski definition) is 2. The molecule has 0 aliphatic carbocycles. The number of piperidine rings is 2. The van der Waals surface area contributed by atoms with E-state index in [9.17, 15) is 10.2 Å². The SMILES string of the molecule is CC(=O)N1CCC(NC2CCN(CC3CCN(c4ncc(C)cn4)CC3)CC2)=C(C(=N)N2CCCc3cc(-c4cnn(C)c4)c(C)cc32)C1. The molecule has 2 fully saturated rings. The molecule has 2 saturated heterocycles. The predicted molar refractivity (Wildman–Crippen MR) is 195 cm³/mol. The van der Waals surface area contributed by atoms with Gasteiger partial charge >= 0.3 is 0 Å². The van der Waals surface area contributed by atoms with Gasteiger partial charge in [-0.1, -0.05) is 0 Å². The molecule has 11 heteroatoms. The van der Waals surface area contributed by atoms with Gasteiger partial charge in [0.1, 0.15) is 5.84 Å². The van der Waals surface area contributed by atoms with Crippen LogP contribution in [0.3, 0.4) is 0 Å². The summed E-state index contributed by atoms with van der Waals surface area (Å²) in [6.07, 6.45) is 15.1. The Balaban J connectivity index is 1.000. The number of aryl methyl sites for hydroxylation is 4. The summed E-state index contributed by atoms with van der Waals surface area (Å²) in [5.41, 5.74) is 9.13. The third kappa shape index (κ3) is 7.37.